The van der Waals surface area contributed by atoms with Crippen LogP contribution in [0.4, 0.5) is 5.69 Å². The number of aromatic nitrogens is 1. The normalized spacial score (nSPS) is 11.7. The van der Waals surface area contributed by atoms with E-state index in [-0.39, 0.29) is 5.54 Å². The minimum absolute atomic E-state index is 0.0812. The summed E-state index contributed by atoms with van der Waals surface area (Å²) < 4.78 is 5.41. The van der Waals surface area contributed by atoms with E-state index in [9.17, 15) is 0 Å². The van der Waals surface area contributed by atoms with Gasteiger partial charge in [-0.1, -0.05) is 22.9 Å². The van der Waals surface area contributed by atoms with Crippen LogP contribution in [0.25, 0.3) is 0 Å². The zero-order valence-electron chi connectivity index (χ0n) is 13.6. The summed E-state index contributed by atoms with van der Waals surface area (Å²) in [5.41, 5.74) is 3.46. The van der Waals surface area contributed by atoms with Crippen molar-refractivity contribution in [3.05, 3.63) is 47.3 Å². The number of hydrogen-bond donors (Lipinski definition) is 1. The van der Waals surface area contributed by atoms with Crippen LogP contribution in [0.2, 0.25) is 0 Å². The van der Waals surface area contributed by atoms with Crippen LogP contribution in [-0.2, 0) is 13.1 Å². The molecule has 2 rings (SSSR count). The molecule has 4 heteroatoms. The number of anilines is 1. The Morgan fingerprint density at radius 3 is 2.48 bits per heavy atom. The van der Waals surface area contributed by atoms with Crippen LogP contribution in [0.5, 0.6) is 0 Å². The van der Waals surface area contributed by atoms with Gasteiger partial charge in [0, 0.05) is 30.9 Å². The molecule has 1 heterocycles. The summed E-state index contributed by atoms with van der Waals surface area (Å²) in [5, 5.41) is 7.52. The molecular formula is C17H25N3O. The van der Waals surface area contributed by atoms with Crippen molar-refractivity contribution in [2.75, 3.05) is 11.9 Å². The van der Waals surface area contributed by atoms with Gasteiger partial charge in [-0.15, -0.1) is 0 Å². The molecule has 0 aliphatic rings. The van der Waals surface area contributed by atoms with E-state index < -0.39 is 0 Å². The molecule has 0 bridgehead atoms. The summed E-state index contributed by atoms with van der Waals surface area (Å²) in [6, 6.07) is 10.5. The Morgan fingerprint density at radius 1 is 1.19 bits per heavy atom. The highest BCUT2D eigenvalue weighted by Gasteiger charge is 2.12. The van der Waals surface area contributed by atoms with Gasteiger partial charge in [0.1, 0.15) is 0 Å². The van der Waals surface area contributed by atoms with E-state index in [1.807, 2.05) is 6.07 Å². The van der Waals surface area contributed by atoms with Crippen molar-refractivity contribution in [2.45, 2.75) is 46.3 Å². The van der Waals surface area contributed by atoms with Gasteiger partial charge in [0.2, 0.25) is 0 Å². The molecule has 0 atom stereocenters. The van der Waals surface area contributed by atoms with Crippen molar-refractivity contribution in [2.24, 2.45) is 0 Å². The van der Waals surface area contributed by atoms with Crippen molar-refractivity contribution < 1.29 is 4.52 Å². The highest BCUT2D eigenvalue weighted by Crippen LogP contribution is 2.16. The van der Waals surface area contributed by atoms with Gasteiger partial charge in [-0.3, -0.25) is 0 Å². The van der Waals surface area contributed by atoms with E-state index in [4.69, 9.17) is 4.52 Å². The van der Waals surface area contributed by atoms with E-state index >= 15 is 0 Å². The maximum atomic E-state index is 5.41. The average molecular weight is 287 g/mol. The molecule has 0 saturated heterocycles. The fraction of sp³-hybridized carbons (Fsp3) is 0.471. The van der Waals surface area contributed by atoms with Crippen LogP contribution in [0.15, 0.2) is 34.9 Å². The summed E-state index contributed by atoms with van der Waals surface area (Å²) >= 11 is 0. The molecule has 0 unspecified atom stereocenters. The maximum Gasteiger partial charge on any atom is 0.156 e. The van der Waals surface area contributed by atoms with Crippen LogP contribution in [-0.4, -0.2) is 17.7 Å². The number of rotatable bonds is 5. The molecule has 0 fully saturated rings. The second-order valence-corrected chi connectivity index (χ2v) is 6.58. The summed E-state index contributed by atoms with van der Waals surface area (Å²) in [6.45, 7) is 9.94. The molecule has 1 N–H and O–H groups in total. The number of hydrogen-bond acceptors (Lipinski definition) is 4. The van der Waals surface area contributed by atoms with Gasteiger partial charge in [-0.05, 0) is 39.8 Å². The minimum atomic E-state index is 0.0812. The van der Waals surface area contributed by atoms with Crippen LogP contribution in [0.1, 0.15) is 37.8 Å². The topological polar surface area (TPSA) is 41.3 Å². The Morgan fingerprint density at radius 2 is 1.86 bits per heavy atom. The molecule has 0 radical (unpaired) electrons. The Bertz CT molecular complexity index is 566. The molecule has 21 heavy (non-hydrogen) atoms. The van der Waals surface area contributed by atoms with Gasteiger partial charge in [0.05, 0.1) is 12.2 Å². The lowest BCUT2D eigenvalue weighted by atomic mass is 10.1. The summed E-state index contributed by atoms with van der Waals surface area (Å²) in [4.78, 5) is 2.15. The lowest BCUT2D eigenvalue weighted by Gasteiger charge is -2.19. The third-order valence-corrected chi connectivity index (χ3v) is 3.28. The predicted octanol–water partition coefficient (Wildman–Crippen LogP) is 3.51. The first kappa shape index (κ1) is 15.6. The number of aryl methyl sites for hydroxylation is 1. The van der Waals surface area contributed by atoms with Gasteiger partial charge >= 0.3 is 0 Å². The van der Waals surface area contributed by atoms with Gasteiger partial charge < -0.3 is 14.7 Å². The monoisotopic (exact) mass is 287 g/mol. The van der Waals surface area contributed by atoms with Crippen molar-refractivity contribution in [3.63, 3.8) is 0 Å². The molecule has 1 aromatic carbocycles. The first-order chi connectivity index (χ1) is 9.83. The smallest absolute Gasteiger partial charge is 0.156 e. The molecule has 4 nitrogen and oxygen atoms in total. The third kappa shape index (κ3) is 4.90. The zero-order chi connectivity index (χ0) is 15.5. The molecule has 0 amide bonds. The molecule has 1 aromatic heterocycles. The molecule has 0 spiro atoms. The zero-order valence-corrected chi connectivity index (χ0v) is 13.6. The van der Waals surface area contributed by atoms with Crippen molar-refractivity contribution in [1.82, 2.24) is 10.5 Å². The number of nitrogens with one attached hydrogen (secondary N) is 1. The Kier molecular flexibility index (Phi) is 4.68. The third-order valence-electron chi connectivity index (χ3n) is 3.28. The van der Waals surface area contributed by atoms with E-state index in [1.165, 1.54) is 11.3 Å². The molecule has 0 aliphatic carbocycles. The SMILES string of the molecule is Cc1ccc(N(C)Cc2cc(CNC(C)(C)C)no2)cc1. The fourth-order valence-corrected chi connectivity index (χ4v) is 1.99. The Hall–Kier alpha value is -1.81. The maximum absolute atomic E-state index is 5.41. The van der Waals surface area contributed by atoms with Gasteiger partial charge in [-0.2, -0.15) is 0 Å². The number of benzene rings is 1. The van der Waals surface area contributed by atoms with Gasteiger partial charge in [-0.25, -0.2) is 0 Å². The van der Waals surface area contributed by atoms with E-state index in [0.29, 0.717) is 6.54 Å². The Balaban J connectivity index is 1.94. The van der Waals surface area contributed by atoms with Gasteiger partial charge in [0.15, 0.2) is 5.76 Å². The number of nitrogens with zero attached hydrogens (tertiary/aromatic N) is 2. The molecule has 114 valence electrons. The van der Waals surface area contributed by atoms with Crippen LogP contribution in [0.3, 0.4) is 0 Å². The van der Waals surface area contributed by atoms with Crippen molar-refractivity contribution in [1.29, 1.82) is 0 Å². The molecule has 2 aromatic rings. The minimum Gasteiger partial charge on any atom is -0.367 e. The Labute approximate surface area is 127 Å². The summed E-state index contributed by atoms with van der Waals surface area (Å²) in [6.07, 6.45) is 0. The predicted molar refractivity (Wildman–Crippen MR) is 86.4 cm³/mol. The van der Waals surface area contributed by atoms with Gasteiger partial charge in [0.25, 0.3) is 0 Å². The standard InChI is InChI=1S/C17H25N3O/c1-13-6-8-15(9-7-13)20(5)12-16-10-14(19-21-16)11-18-17(2,3)4/h6-10,18H,11-12H2,1-5H3. The highest BCUT2D eigenvalue weighted by atomic mass is 16.5. The molecule has 0 saturated carbocycles. The second-order valence-electron chi connectivity index (χ2n) is 6.58. The largest absolute Gasteiger partial charge is 0.367 e. The fourth-order valence-electron chi connectivity index (χ4n) is 1.99. The molecular weight excluding hydrogens is 262 g/mol. The quantitative estimate of drug-likeness (QED) is 0.913. The van der Waals surface area contributed by atoms with Crippen LogP contribution >= 0.6 is 0 Å². The first-order valence-electron chi connectivity index (χ1n) is 7.31. The van der Waals surface area contributed by atoms with Crippen molar-refractivity contribution >= 4 is 5.69 Å². The molecule has 0 aliphatic heterocycles. The van der Waals surface area contributed by atoms with E-state index in [0.717, 1.165) is 18.0 Å². The van der Waals surface area contributed by atoms with Crippen molar-refractivity contribution in [3.8, 4) is 0 Å². The first-order valence-corrected chi connectivity index (χ1v) is 7.31. The summed E-state index contributed by atoms with van der Waals surface area (Å²) in [5.74, 6) is 0.879. The van der Waals surface area contributed by atoms with E-state index in [2.05, 4.69) is 74.4 Å². The highest BCUT2D eigenvalue weighted by molar-refractivity contribution is 5.46. The average Bonchev–Trinajstić information content (AvgIpc) is 2.84. The van der Waals surface area contributed by atoms with E-state index in [1.54, 1.807) is 0 Å². The van der Waals surface area contributed by atoms with Crippen LogP contribution in [0, 0.1) is 6.92 Å². The summed E-state index contributed by atoms with van der Waals surface area (Å²) in [7, 11) is 2.06. The lowest BCUT2D eigenvalue weighted by molar-refractivity contribution is 0.365. The lowest BCUT2D eigenvalue weighted by Crippen LogP contribution is -2.35. The van der Waals surface area contributed by atoms with Crippen LogP contribution < -0.4 is 10.2 Å². The second kappa shape index (κ2) is 6.31.